The zero-order valence-corrected chi connectivity index (χ0v) is 12.3. The molecule has 0 bridgehead atoms. The Morgan fingerprint density at radius 1 is 1.05 bits per heavy atom. The van der Waals surface area contributed by atoms with Crippen LogP contribution in [-0.2, 0) is 4.79 Å². The van der Waals surface area contributed by atoms with Crippen LogP contribution in [0.25, 0.3) is 0 Å². The topological polar surface area (TPSA) is 40.6 Å². The molecule has 20 heavy (non-hydrogen) atoms. The molecule has 0 aliphatic rings. The van der Waals surface area contributed by atoms with Gasteiger partial charge in [0.1, 0.15) is 0 Å². The van der Waals surface area contributed by atoms with Gasteiger partial charge >= 0.3 is 12.4 Å². The van der Waals surface area contributed by atoms with E-state index < -0.39 is 0 Å². The molecule has 0 aliphatic heterocycles. The molecule has 0 aliphatic carbocycles. The molecule has 4 heteroatoms. The molecular weight excluding hydrogens is 252 g/mol. The lowest BCUT2D eigenvalue weighted by molar-refractivity contribution is 0.205. The number of carbonyl (C=O) groups is 1. The van der Waals surface area contributed by atoms with E-state index in [1.165, 1.54) is 0 Å². The largest absolute Gasteiger partial charge is 0.331 e. The lowest BCUT2D eigenvalue weighted by atomic mass is 10.2. The van der Waals surface area contributed by atoms with Gasteiger partial charge < -0.3 is 4.90 Å². The van der Waals surface area contributed by atoms with E-state index in [1.54, 1.807) is 35.6 Å². The van der Waals surface area contributed by atoms with E-state index in [4.69, 9.17) is 0 Å². The molecule has 1 rings (SSSR count). The summed E-state index contributed by atoms with van der Waals surface area (Å²) < 4.78 is 0. The Labute approximate surface area is 121 Å². The average Bonchev–Trinajstić information content (AvgIpc) is 2.49. The number of carbonyl (C=O) groups excluding carboxylic acids is 2. The minimum absolute atomic E-state index is 0.284. The number of benzene rings is 1. The first-order chi connectivity index (χ1) is 9.74. The predicted molar refractivity (Wildman–Crippen MR) is 81.4 cm³/mol. The maximum atomic E-state index is 12.5. The van der Waals surface area contributed by atoms with Gasteiger partial charge in [0.15, 0.2) is 0 Å². The van der Waals surface area contributed by atoms with E-state index in [9.17, 15) is 9.59 Å². The third-order valence-corrected chi connectivity index (χ3v) is 3.13. The minimum Gasteiger partial charge on any atom is -0.324 e. The summed E-state index contributed by atoms with van der Waals surface area (Å²) in [6.45, 7) is 5.53. The van der Waals surface area contributed by atoms with Crippen LogP contribution in [0.4, 0.5) is 10.5 Å². The fourth-order valence-electron chi connectivity index (χ4n) is 1.92. The van der Waals surface area contributed by atoms with Crippen molar-refractivity contribution < 1.29 is 9.59 Å². The summed E-state index contributed by atoms with van der Waals surface area (Å²) in [5.41, 5.74) is 0.561. The predicted octanol–water partition coefficient (Wildman–Crippen LogP) is 3.58. The van der Waals surface area contributed by atoms with E-state index in [2.05, 4.69) is 13.8 Å². The van der Waals surface area contributed by atoms with Gasteiger partial charge in [0.2, 0.25) is 0 Å². The Morgan fingerprint density at radius 2 is 1.60 bits per heavy atom. The minimum atomic E-state index is -0.284. The Balaban J connectivity index is 2.81. The number of anilines is 1. The Bertz CT molecular complexity index is 398. The van der Waals surface area contributed by atoms with Crippen molar-refractivity contribution in [3.63, 3.8) is 0 Å². The molecule has 1 radical (unpaired) electrons. The number of amides is 3. The molecule has 0 unspecified atom stereocenters. The van der Waals surface area contributed by atoms with Crippen molar-refractivity contribution in [1.82, 2.24) is 4.90 Å². The first-order valence-electron chi connectivity index (χ1n) is 7.26. The molecule has 0 atom stereocenters. The van der Waals surface area contributed by atoms with Crippen molar-refractivity contribution >= 4 is 18.1 Å². The fourth-order valence-corrected chi connectivity index (χ4v) is 1.92. The molecule has 0 saturated heterocycles. The van der Waals surface area contributed by atoms with Gasteiger partial charge in [0.05, 0.1) is 5.69 Å². The number of unbranched alkanes of at least 4 members (excludes halogenated alkanes) is 2. The molecule has 0 spiro atoms. The van der Waals surface area contributed by atoms with Crippen LogP contribution < -0.4 is 4.90 Å². The highest BCUT2D eigenvalue weighted by atomic mass is 16.2. The highest BCUT2D eigenvalue weighted by Crippen LogP contribution is 2.14. The average molecular weight is 275 g/mol. The van der Waals surface area contributed by atoms with Crippen LogP contribution in [0.1, 0.15) is 39.5 Å². The van der Waals surface area contributed by atoms with Gasteiger partial charge in [-0.05, 0) is 25.0 Å². The van der Waals surface area contributed by atoms with Crippen LogP contribution in [-0.4, -0.2) is 30.4 Å². The second kappa shape index (κ2) is 9.13. The van der Waals surface area contributed by atoms with Crippen LogP contribution in [0.15, 0.2) is 30.3 Å². The summed E-state index contributed by atoms with van der Waals surface area (Å²) >= 11 is 0. The second-order valence-electron chi connectivity index (χ2n) is 4.74. The monoisotopic (exact) mass is 275 g/mol. The molecular formula is C16H23N2O2. The smallest absolute Gasteiger partial charge is 0.324 e. The van der Waals surface area contributed by atoms with E-state index in [-0.39, 0.29) is 6.03 Å². The van der Waals surface area contributed by atoms with Gasteiger partial charge in [0, 0.05) is 13.1 Å². The summed E-state index contributed by atoms with van der Waals surface area (Å²) in [6, 6.07) is 8.64. The summed E-state index contributed by atoms with van der Waals surface area (Å²) in [6.07, 6.45) is 5.67. The molecule has 109 valence electrons. The zero-order chi connectivity index (χ0) is 14.8. The lowest BCUT2D eigenvalue weighted by Gasteiger charge is -2.26. The number of para-hydroxylation sites is 1. The highest BCUT2D eigenvalue weighted by molar-refractivity contribution is 6.06. The highest BCUT2D eigenvalue weighted by Gasteiger charge is 2.21. The number of urea groups is 1. The lowest BCUT2D eigenvalue weighted by Crippen LogP contribution is -2.43. The number of hydrogen-bond donors (Lipinski definition) is 0. The van der Waals surface area contributed by atoms with Crippen molar-refractivity contribution in [1.29, 1.82) is 0 Å². The molecule has 1 aromatic carbocycles. The van der Waals surface area contributed by atoms with Crippen molar-refractivity contribution in [3.8, 4) is 0 Å². The first-order valence-corrected chi connectivity index (χ1v) is 7.26. The first kappa shape index (κ1) is 16.2. The normalized spacial score (nSPS) is 10.1. The van der Waals surface area contributed by atoms with Crippen LogP contribution >= 0.6 is 0 Å². The number of rotatable bonds is 8. The second-order valence-corrected chi connectivity index (χ2v) is 4.74. The summed E-state index contributed by atoms with van der Waals surface area (Å²) in [5, 5.41) is 0. The van der Waals surface area contributed by atoms with Crippen molar-refractivity contribution in [2.45, 2.75) is 39.5 Å². The van der Waals surface area contributed by atoms with Gasteiger partial charge in [-0.15, -0.1) is 0 Å². The molecule has 0 N–H and O–H groups in total. The van der Waals surface area contributed by atoms with Crippen molar-refractivity contribution in [3.05, 3.63) is 30.3 Å². The molecule has 4 nitrogen and oxygen atoms in total. The van der Waals surface area contributed by atoms with E-state index in [0.29, 0.717) is 18.8 Å². The van der Waals surface area contributed by atoms with Crippen LogP contribution in [0, 0.1) is 0 Å². The molecule has 0 heterocycles. The van der Waals surface area contributed by atoms with Crippen LogP contribution in [0.5, 0.6) is 0 Å². The SMILES string of the molecule is CCCCN(CCCC)C(=O)N([C]=O)c1ccccc1. The Morgan fingerprint density at radius 3 is 2.05 bits per heavy atom. The number of nitrogens with zero attached hydrogens (tertiary/aromatic N) is 2. The van der Waals surface area contributed by atoms with Crippen LogP contribution in [0.3, 0.4) is 0 Å². The quantitative estimate of drug-likeness (QED) is 0.680. The molecule has 0 aromatic heterocycles. The summed E-state index contributed by atoms with van der Waals surface area (Å²) in [7, 11) is 0. The van der Waals surface area contributed by atoms with E-state index in [1.807, 2.05) is 6.07 Å². The fraction of sp³-hybridized carbons (Fsp3) is 0.500. The maximum absolute atomic E-state index is 12.5. The maximum Gasteiger partial charge on any atom is 0.331 e. The summed E-state index contributed by atoms with van der Waals surface area (Å²) in [4.78, 5) is 26.4. The molecule has 0 saturated carbocycles. The number of hydrogen-bond acceptors (Lipinski definition) is 2. The number of imide groups is 1. The Hall–Kier alpha value is -1.84. The van der Waals surface area contributed by atoms with E-state index >= 15 is 0 Å². The zero-order valence-electron chi connectivity index (χ0n) is 12.3. The third-order valence-electron chi connectivity index (χ3n) is 3.13. The van der Waals surface area contributed by atoms with Gasteiger partial charge in [-0.25, -0.2) is 9.69 Å². The van der Waals surface area contributed by atoms with Gasteiger partial charge in [-0.3, -0.25) is 4.79 Å². The standard InChI is InChI=1S/C16H23N2O2/c1-3-5-12-17(13-6-4-2)16(20)18(14-19)15-10-8-7-9-11-15/h7-11H,3-6,12-13H2,1-2H3. The van der Waals surface area contributed by atoms with Gasteiger partial charge in [0.25, 0.3) is 0 Å². The van der Waals surface area contributed by atoms with Gasteiger partial charge in [-0.1, -0.05) is 44.9 Å². The molecule has 0 fully saturated rings. The third kappa shape index (κ3) is 4.68. The van der Waals surface area contributed by atoms with E-state index in [0.717, 1.165) is 30.6 Å². The van der Waals surface area contributed by atoms with Gasteiger partial charge in [-0.2, -0.15) is 0 Å². The van der Waals surface area contributed by atoms with Crippen molar-refractivity contribution in [2.24, 2.45) is 0 Å². The van der Waals surface area contributed by atoms with Crippen molar-refractivity contribution in [2.75, 3.05) is 18.0 Å². The molecule has 3 amide bonds. The Kier molecular flexibility index (Phi) is 7.40. The van der Waals surface area contributed by atoms with Crippen LogP contribution in [0.2, 0.25) is 0 Å². The summed E-state index contributed by atoms with van der Waals surface area (Å²) in [5.74, 6) is 0. The molecule has 1 aromatic rings.